The Bertz CT molecular complexity index is 1530. The molecule has 1 fully saturated rings. The second kappa shape index (κ2) is 21.9. The smallest absolute Gasteiger partial charge is 0.399 e. The fraction of sp³-hybridized carbons (Fsp3) is 0.143. The number of halogens is 4. The summed E-state index contributed by atoms with van der Waals surface area (Å²) in [6.45, 7) is 20.6. The lowest BCUT2D eigenvalue weighted by Gasteiger charge is -2.28. The Balaban J connectivity index is 0.000000560. The molecule has 0 aromatic heterocycles. The van der Waals surface area contributed by atoms with E-state index in [4.69, 9.17) is 60.6 Å². The molecular weight excluding hydrogens is 689 g/mol. The van der Waals surface area contributed by atoms with E-state index >= 15 is 0 Å². The number of benzene rings is 3. The highest BCUT2D eigenvalue weighted by atomic mass is 35.8. The lowest BCUT2D eigenvalue weighted by Crippen LogP contribution is -2.40. The second-order valence-corrected chi connectivity index (χ2v) is 19.0. The SMILES string of the molecule is C=CS(=O)(=O)C=C.Clc1ccccc1.[C-]#[N+]c1ccc(N)cc1.[C-]#[N+]c1ccc(N2CCS(=O)(=O)CC2)cc1.[Cl][Al]([Cl])[Cl]. The van der Waals surface area contributed by atoms with Crippen LogP contribution < -0.4 is 10.6 Å². The molecule has 0 amide bonds. The largest absolute Gasteiger partial charge is 0.643 e. The Hall–Kier alpha value is -2.69. The molecule has 1 aliphatic heterocycles. The van der Waals surface area contributed by atoms with Crippen molar-refractivity contribution in [2.24, 2.45) is 0 Å². The maximum absolute atomic E-state index is 11.3. The van der Waals surface area contributed by atoms with Crippen LogP contribution in [-0.2, 0) is 19.7 Å². The number of anilines is 2. The molecule has 0 radical (unpaired) electrons. The maximum atomic E-state index is 11.3. The number of hydrogen-bond acceptors (Lipinski definition) is 6. The fourth-order valence-electron chi connectivity index (χ4n) is 2.74. The normalized spacial score (nSPS) is 12.6. The molecule has 3 aromatic rings. The molecule has 0 bridgehead atoms. The van der Waals surface area contributed by atoms with Crippen molar-refractivity contribution >= 4 is 95.6 Å². The van der Waals surface area contributed by atoms with Crippen molar-refractivity contribution in [3.8, 4) is 0 Å². The van der Waals surface area contributed by atoms with Gasteiger partial charge in [-0.2, -0.15) is 0 Å². The lowest BCUT2D eigenvalue weighted by atomic mass is 10.2. The molecule has 1 heterocycles. The predicted octanol–water partition coefficient (Wildman–Crippen LogP) is 8.01. The van der Waals surface area contributed by atoms with Crippen LogP contribution in [0.1, 0.15) is 0 Å². The summed E-state index contributed by atoms with van der Waals surface area (Å²) >= 11 is 3.82. The van der Waals surface area contributed by atoms with Crippen molar-refractivity contribution < 1.29 is 16.8 Å². The van der Waals surface area contributed by atoms with Crippen LogP contribution in [-0.4, -0.2) is 52.8 Å². The summed E-state index contributed by atoms with van der Waals surface area (Å²) in [7, 11) is 8.88. The first-order chi connectivity index (χ1) is 20.2. The van der Waals surface area contributed by atoms with Gasteiger partial charge >= 0.3 is 11.4 Å². The Morgan fingerprint density at radius 1 is 0.814 bits per heavy atom. The average Bonchev–Trinajstić information content (AvgIpc) is 2.99. The zero-order valence-electron chi connectivity index (χ0n) is 22.9. The van der Waals surface area contributed by atoms with Crippen molar-refractivity contribution in [3.05, 3.63) is 131 Å². The summed E-state index contributed by atoms with van der Waals surface area (Å²) in [5.74, 6) is 0.440. The number of rotatable bonds is 3. The number of nitrogen functional groups attached to an aromatic ring is 1. The topological polar surface area (TPSA) is 106 Å². The van der Waals surface area contributed by atoms with E-state index in [1.165, 1.54) is 0 Å². The zero-order chi connectivity index (χ0) is 32.9. The molecule has 1 saturated heterocycles. The van der Waals surface area contributed by atoms with E-state index in [-0.39, 0.29) is 11.5 Å². The molecule has 15 heteroatoms. The number of sulfone groups is 2. The molecule has 1 aliphatic rings. The Kier molecular flexibility index (Phi) is 20.5. The van der Waals surface area contributed by atoms with Crippen molar-refractivity contribution in [1.29, 1.82) is 0 Å². The van der Waals surface area contributed by atoms with Gasteiger partial charge in [0.2, 0.25) is 0 Å². The Morgan fingerprint density at radius 2 is 1.21 bits per heavy atom. The van der Waals surface area contributed by atoms with Crippen LogP contribution in [0.3, 0.4) is 0 Å². The molecule has 228 valence electrons. The lowest BCUT2D eigenvalue weighted by molar-refractivity contribution is 0.586. The van der Waals surface area contributed by atoms with Gasteiger partial charge < -0.3 is 10.6 Å². The van der Waals surface area contributed by atoms with E-state index in [0.29, 0.717) is 30.2 Å². The van der Waals surface area contributed by atoms with Gasteiger partial charge in [0.15, 0.2) is 31.0 Å². The Morgan fingerprint density at radius 3 is 1.51 bits per heavy atom. The third kappa shape index (κ3) is 20.8. The van der Waals surface area contributed by atoms with E-state index in [1.807, 2.05) is 47.4 Å². The molecule has 0 unspecified atom stereocenters. The summed E-state index contributed by atoms with van der Waals surface area (Å²) in [5.41, 5.74) is 8.30. The van der Waals surface area contributed by atoms with Crippen molar-refractivity contribution in [2.45, 2.75) is 0 Å². The zero-order valence-corrected chi connectivity index (χ0v) is 28.7. The summed E-state index contributed by atoms with van der Waals surface area (Å²) in [6.07, 6.45) is 0. The quantitative estimate of drug-likeness (QED) is 0.167. The van der Waals surface area contributed by atoms with E-state index in [2.05, 4.69) is 22.8 Å². The first kappa shape index (κ1) is 40.3. The summed E-state index contributed by atoms with van der Waals surface area (Å²) in [6, 6.07) is 23.5. The highest BCUT2D eigenvalue weighted by Crippen LogP contribution is 2.21. The summed E-state index contributed by atoms with van der Waals surface area (Å²) < 4.78 is 42.8. The molecule has 0 spiro atoms. The van der Waals surface area contributed by atoms with Gasteiger partial charge in [0, 0.05) is 40.3 Å². The van der Waals surface area contributed by atoms with Gasteiger partial charge in [-0.3, -0.25) is 0 Å². The number of hydrogen-bond donors (Lipinski definition) is 1. The van der Waals surface area contributed by atoms with Gasteiger partial charge in [0.05, 0.1) is 24.6 Å². The van der Waals surface area contributed by atoms with E-state index in [0.717, 1.165) is 21.5 Å². The summed E-state index contributed by atoms with van der Waals surface area (Å²) in [5, 5.41) is 2.49. The van der Waals surface area contributed by atoms with Crippen molar-refractivity contribution in [2.75, 3.05) is 35.2 Å². The van der Waals surface area contributed by atoms with Gasteiger partial charge in [-0.15, -0.1) is 0 Å². The van der Waals surface area contributed by atoms with Crippen LogP contribution in [0.25, 0.3) is 9.69 Å². The van der Waals surface area contributed by atoms with Crippen LogP contribution in [0.5, 0.6) is 0 Å². The minimum absolute atomic E-state index is 0.220. The molecule has 0 aliphatic carbocycles. The minimum Gasteiger partial charge on any atom is -0.399 e. The molecule has 8 nitrogen and oxygen atoms in total. The monoisotopic (exact) mass is 716 g/mol. The molecule has 0 atom stereocenters. The molecular formula is C28H29AlCl4N4O4S2. The molecule has 4 rings (SSSR count). The van der Waals surface area contributed by atoms with Crippen molar-refractivity contribution in [3.63, 3.8) is 0 Å². The third-order valence-corrected chi connectivity index (χ3v) is 7.70. The Labute approximate surface area is 276 Å². The minimum atomic E-state index is -3.13. The van der Waals surface area contributed by atoms with Crippen LogP contribution >= 0.6 is 41.7 Å². The maximum Gasteiger partial charge on any atom is 0.643 e. The highest BCUT2D eigenvalue weighted by molar-refractivity contribution is 7.97. The second-order valence-electron chi connectivity index (χ2n) is 7.94. The van der Waals surface area contributed by atoms with E-state index in [1.54, 1.807) is 36.4 Å². The van der Waals surface area contributed by atoms with Crippen molar-refractivity contribution in [1.82, 2.24) is 0 Å². The predicted molar refractivity (Wildman–Crippen MR) is 185 cm³/mol. The third-order valence-electron chi connectivity index (χ3n) is 4.91. The van der Waals surface area contributed by atoms with Crippen LogP contribution in [0.4, 0.5) is 22.7 Å². The highest BCUT2D eigenvalue weighted by Gasteiger charge is 2.21. The van der Waals surface area contributed by atoms with Gasteiger partial charge in [0.1, 0.15) is 0 Å². The first-order valence-electron chi connectivity index (χ1n) is 12.0. The summed E-state index contributed by atoms with van der Waals surface area (Å²) in [4.78, 5) is 8.56. The molecule has 3 aromatic carbocycles. The molecule has 0 saturated carbocycles. The number of nitrogens with two attached hydrogens (primary N) is 1. The van der Waals surface area contributed by atoms with Gasteiger partial charge in [-0.05, 0) is 36.4 Å². The molecule has 43 heavy (non-hydrogen) atoms. The van der Waals surface area contributed by atoms with Gasteiger partial charge in [-0.1, -0.05) is 67.2 Å². The standard InChI is InChI=1S/C11H12N2O2S.C7H6N2.C6H5Cl.C4H6O2S.Al.3ClH/c1-12-10-2-4-11(5-3-10)13-6-8-16(14,15)9-7-13;1-9-7-4-2-6(8)3-5-7;7-6-4-2-1-3-5-6;1-3-7(5,6)4-2;;;;/h2-5H,6-9H2;2-5H,8H2;1-5H;3-4H,1-2H2;;3*1H/q;;;;+3;;;/p-3. The average molecular weight is 718 g/mol. The van der Waals surface area contributed by atoms with Gasteiger partial charge in [-0.25, -0.2) is 56.7 Å². The van der Waals surface area contributed by atoms with Crippen LogP contribution in [0, 0.1) is 13.1 Å². The fourth-order valence-corrected chi connectivity index (χ4v) is 4.22. The van der Waals surface area contributed by atoms with Crippen LogP contribution in [0.2, 0.25) is 5.02 Å². The van der Waals surface area contributed by atoms with Crippen LogP contribution in [0.15, 0.2) is 103 Å². The first-order valence-corrected chi connectivity index (χ1v) is 21.0. The number of nitrogens with zero attached hydrogens (tertiary/aromatic N) is 3. The van der Waals surface area contributed by atoms with E-state index < -0.39 is 31.1 Å². The van der Waals surface area contributed by atoms with E-state index in [9.17, 15) is 16.8 Å². The molecule has 2 N–H and O–H groups in total. The van der Waals surface area contributed by atoms with Gasteiger partial charge in [0.25, 0.3) is 0 Å².